The van der Waals surface area contributed by atoms with E-state index in [0.717, 1.165) is 17.7 Å². The molecule has 1 aliphatic heterocycles. The number of benzene rings is 3. The third-order valence-electron chi connectivity index (χ3n) is 5.91. The van der Waals surface area contributed by atoms with E-state index in [9.17, 15) is 22.8 Å². The quantitative estimate of drug-likeness (QED) is 0.379. The first-order chi connectivity index (χ1) is 16.2. The molecule has 0 saturated heterocycles. The zero-order valence-corrected chi connectivity index (χ0v) is 18.1. The molecular weight excluding hydrogens is 447 g/mol. The van der Waals surface area contributed by atoms with E-state index in [1.54, 1.807) is 42.5 Å². The van der Waals surface area contributed by atoms with Crippen molar-refractivity contribution in [1.82, 2.24) is 0 Å². The third kappa shape index (κ3) is 3.42. The Kier molecular flexibility index (Phi) is 4.97. The maximum Gasteiger partial charge on any atom is 0.416 e. The molecule has 1 unspecified atom stereocenters. The highest BCUT2D eigenvalue weighted by Gasteiger charge is 2.44. The molecule has 0 radical (unpaired) electrons. The number of rotatable bonds is 3. The Bertz CT molecular complexity index is 1490. The molecule has 172 valence electrons. The molecule has 34 heavy (non-hydrogen) atoms. The summed E-state index contributed by atoms with van der Waals surface area (Å²) >= 11 is 0. The lowest BCUT2D eigenvalue weighted by atomic mass is 9.97. The molecule has 0 saturated carbocycles. The largest absolute Gasteiger partial charge is 0.497 e. The highest BCUT2D eigenvalue weighted by Crippen LogP contribution is 2.43. The number of hydrogen-bond donors (Lipinski definition) is 0. The molecular formula is C26H18F3NO4. The van der Waals surface area contributed by atoms with Crippen molar-refractivity contribution in [3.8, 4) is 5.75 Å². The van der Waals surface area contributed by atoms with Crippen LogP contribution in [0.3, 0.4) is 0 Å². The van der Waals surface area contributed by atoms with Gasteiger partial charge in [-0.1, -0.05) is 29.8 Å². The first-order valence-corrected chi connectivity index (χ1v) is 10.4. The van der Waals surface area contributed by atoms with Gasteiger partial charge in [-0.3, -0.25) is 14.5 Å². The van der Waals surface area contributed by atoms with E-state index in [-0.39, 0.29) is 22.6 Å². The molecule has 3 aromatic carbocycles. The summed E-state index contributed by atoms with van der Waals surface area (Å²) in [6.45, 7) is 1.83. The fourth-order valence-corrected chi connectivity index (χ4v) is 4.29. The summed E-state index contributed by atoms with van der Waals surface area (Å²) in [4.78, 5) is 28.3. The number of carbonyl (C=O) groups is 1. The van der Waals surface area contributed by atoms with Crippen molar-refractivity contribution in [3.05, 3.63) is 105 Å². The topological polar surface area (TPSA) is 59.8 Å². The minimum atomic E-state index is -4.60. The normalized spacial score (nSPS) is 15.6. The molecule has 1 aliphatic rings. The minimum Gasteiger partial charge on any atom is -0.497 e. The number of anilines is 1. The Morgan fingerprint density at radius 3 is 2.38 bits per heavy atom. The van der Waals surface area contributed by atoms with Crippen molar-refractivity contribution in [1.29, 1.82) is 0 Å². The van der Waals surface area contributed by atoms with Crippen LogP contribution in [0.5, 0.6) is 5.75 Å². The van der Waals surface area contributed by atoms with Crippen LogP contribution in [0.4, 0.5) is 18.9 Å². The third-order valence-corrected chi connectivity index (χ3v) is 5.91. The van der Waals surface area contributed by atoms with Gasteiger partial charge in [0.15, 0.2) is 5.43 Å². The van der Waals surface area contributed by atoms with Gasteiger partial charge in [-0.05, 0) is 55.0 Å². The minimum absolute atomic E-state index is 0.00618. The number of carbonyl (C=O) groups excluding carboxylic acids is 1. The first kappa shape index (κ1) is 21.8. The van der Waals surface area contributed by atoms with Crippen LogP contribution >= 0.6 is 0 Å². The molecule has 5 nitrogen and oxygen atoms in total. The SMILES string of the molecule is COc1ccc(C2c3c(oc4ccc(C)cc4c3=O)C(=O)N2c2cccc(C(F)(F)F)c2)cc1. The summed E-state index contributed by atoms with van der Waals surface area (Å²) in [7, 11) is 1.50. The van der Waals surface area contributed by atoms with Gasteiger partial charge in [0.05, 0.1) is 29.7 Å². The second kappa shape index (κ2) is 7.76. The van der Waals surface area contributed by atoms with Crippen molar-refractivity contribution >= 4 is 22.6 Å². The molecule has 0 N–H and O–H groups in total. The van der Waals surface area contributed by atoms with E-state index in [1.165, 1.54) is 24.1 Å². The van der Waals surface area contributed by atoms with Crippen LogP contribution in [0.25, 0.3) is 11.0 Å². The number of alkyl halides is 3. The van der Waals surface area contributed by atoms with Crippen LogP contribution in [0, 0.1) is 6.92 Å². The summed E-state index contributed by atoms with van der Waals surface area (Å²) in [5.41, 5.74) is 0.398. The number of halogens is 3. The molecule has 1 amide bonds. The van der Waals surface area contributed by atoms with Gasteiger partial charge < -0.3 is 9.15 Å². The molecule has 4 aromatic rings. The van der Waals surface area contributed by atoms with Crippen LogP contribution < -0.4 is 15.1 Å². The zero-order valence-electron chi connectivity index (χ0n) is 18.1. The highest BCUT2D eigenvalue weighted by molar-refractivity contribution is 6.10. The second-order valence-electron chi connectivity index (χ2n) is 8.07. The van der Waals surface area contributed by atoms with E-state index < -0.39 is 29.1 Å². The second-order valence-corrected chi connectivity index (χ2v) is 8.07. The van der Waals surface area contributed by atoms with Crippen LogP contribution in [0.2, 0.25) is 0 Å². The number of amides is 1. The lowest BCUT2D eigenvalue weighted by Crippen LogP contribution is -2.29. The van der Waals surface area contributed by atoms with Crippen molar-refractivity contribution in [2.24, 2.45) is 0 Å². The van der Waals surface area contributed by atoms with Gasteiger partial charge in [-0.15, -0.1) is 0 Å². The Morgan fingerprint density at radius 1 is 0.971 bits per heavy atom. The Hall–Kier alpha value is -4.07. The van der Waals surface area contributed by atoms with Crippen molar-refractivity contribution in [3.63, 3.8) is 0 Å². The Morgan fingerprint density at radius 2 is 1.71 bits per heavy atom. The summed E-state index contributed by atoms with van der Waals surface area (Å²) < 4.78 is 51.3. The van der Waals surface area contributed by atoms with Gasteiger partial charge in [0.2, 0.25) is 5.76 Å². The van der Waals surface area contributed by atoms with Crippen molar-refractivity contribution in [2.75, 3.05) is 12.0 Å². The fourth-order valence-electron chi connectivity index (χ4n) is 4.29. The first-order valence-electron chi connectivity index (χ1n) is 10.4. The number of nitrogens with zero attached hydrogens (tertiary/aromatic N) is 1. The Labute approximate surface area is 192 Å². The number of aryl methyl sites for hydroxylation is 1. The van der Waals surface area contributed by atoms with Crippen molar-refractivity contribution in [2.45, 2.75) is 19.1 Å². The number of hydrogen-bond acceptors (Lipinski definition) is 4. The number of fused-ring (bicyclic) bond motifs is 2. The van der Waals surface area contributed by atoms with Gasteiger partial charge in [0, 0.05) is 5.69 Å². The summed E-state index contributed by atoms with van der Waals surface area (Å²) in [6.07, 6.45) is -4.60. The molecule has 1 aromatic heterocycles. The van der Waals surface area contributed by atoms with Gasteiger partial charge in [-0.2, -0.15) is 13.2 Å². The van der Waals surface area contributed by atoms with Gasteiger partial charge >= 0.3 is 6.18 Å². The average Bonchev–Trinajstić information content (AvgIpc) is 3.11. The predicted molar refractivity (Wildman–Crippen MR) is 120 cm³/mol. The van der Waals surface area contributed by atoms with E-state index in [2.05, 4.69) is 0 Å². The summed E-state index contributed by atoms with van der Waals surface area (Å²) in [6, 6.07) is 15.2. The summed E-state index contributed by atoms with van der Waals surface area (Å²) in [5.74, 6) is -0.311. The smallest absolute Gasteiger partial charge is 0.416 e. The van der Waals surface area contributed by atoms with E-state index in [4.69, 9.17) is 9.15 Å². The molecule has 2 heterocycles. The highest BCUT2D eigenvalue weighted by atomic mass is 19.4. The van der Waals surface area contributed by atoms with E-state index in [1.807, 2.05) is 6.92 Å². The standard InChI is InChI=1S/C26H18F3NO4/c1-14-6-11-20-19(12-14)23(31)21-22(15-7-9-18(33-2)10-8-15)30(25(32)24(21)34-20)17-5-3-4-16(13-17)26(27,28)29/h3-13,22H,1-2H3. The van der Waals surface area contributed by atoms with Gasteiger partial charge in [-0.25, -0.2) is 0 Å². The van der Waals surface area contributed by atoms with E-state index >= 15 is 0 Å². The molecule has 8 heteroatoms. The zero-order chi connectivity index (χ0) is 24.2. The summed E-state index contributed by atoms with van der Waals surface area (Å²) in [5, 5.41) is 0.302. The number of methoxy groups -OCH3 is 1. The molecule has 0 bridgehead atoms. The lowest BCUT2D eigenvalue weighted by molar-refractivity contribution is -0.137. The fraction of sp³-hybridized carbons (Fsp3) is 0.154. The maximum absolute atomic E-state index is 13.6. The molecule has 1 atom stereocenters. The van der Waals surface area contributed by atoms with Crippen LogP contribution in [-0.2, 0) is 6.18 Å². The molecule has 5 rings (SSSR count). The Balaban J connectivity index is 1.78. The number of ether oxygens (including phenoxy) is 1. The van der Waals surface area contributed by atoms with Gasteiger partial charge in [0.1, 0.15) is 11.3 Å². The van der Waals surface area contributed by atoms with Crippen LogP contribution in [0.15, 0.2) is 75.9 Å². The lowest BCUT2D eigenvalue weighted by Gasteiger charge is -2.26. The van der Waals surface area contributed by atoms with Crippen LogP contribution in [0.1, 0.15) is 38.9 Å². The molecule has 0 spiro atoms. The molecule has 0 fully saturated rings. The van der Waals surface area contributed by atoms with Crippen molar-refractivity contribution < 1.29 is 27.1 Å². The maximum atomic E-state index is 13.6. The van der Waals surface area contributed by atoms with Gasteiger partial charge in [0.25, 0.3) is 5.91 Å². The predicted octanol–water partition coefficient (Wildman–Crippen LogP) is 5.88. The monoisotopic (exact) mass is 465 g/mol. The average molecular weight is 465 g/mol. The van der Waals surface area contributed by atoms with E-state index in [0.29, 0.717) is 16.7 Å². The molecule has 0 aliphatic carbocycles. The van der Waals surface area contributed by atoms with Crippen LogP contribution in [-0.4, -0.2) is 13.0 Å².